The first-order valence-corrected chi connectivity index (χ1v) is 46.8. The van der Waals surface area contributed by atoms with Crippen LogP contribution in [-0.2, 0) is 92.0 Å². The lowest BCUT2D eigenvalue weighted by Gasteiger charge is -2.48. The number of likely N-dealkylation sites (N-methyl/N-ethyl adjacent to an activating group) is 2. The minimum absolute atomic E-state index is 0.00410. The standard InChI is InChI=1S/C53H75N5O11.C46H70FN5O10/c1-14-41-53(15-2)45(58(50(63)69-53)26-20-24-51(8,9)57-30-39(55-31-57)38-23-19-25-54-29-38)34(5)42(59)32(3)28-52(10,64-13)46(35(6)43(60)36(7)47(61)66-41)68-49-44(40(56(11)12)27-33(4)65-49)67-48(62)37-21-17-16-18-22-37;1-14-34-46(15-2)37(52(42(57)62-46)21-17-19-43(7,8)51-25-32(49-26-51)31-18-16-20-48-24-31)29(5)35(53)27(3)23-44(9,58-13)39(30(6)38(55)45(10,47)41(56)60-34)61-40-36(54)33(50(11)12)22-28(4)59-40/h16-19,21-23,25,29-36,40-41,44-46,49H,14-15,20,24,26-28H2,1-13H3;16,18,20,24-30,33-34,36-37,39-40,54H,14-15,17,19,21-23H2,1-13H3/t32-,33-,34+,35+,36-,40+,41-,44-,45-,46-,49?,52+,53-;27-,28-,29+,30+,33+,34-,36-,37-,39-,40?,44+,45+,46-/m11/s1. The summed E-state index contributed by atoms with van der Waals surface area (Å²) in [5, 5.41) is 11.5. The number of imidazole rings is 2. The average Bonchev–Trinajstić information content (AvgIpc) is 1.60. The number of aliphatic hydroxyl groups excluding tert-OH is 1. The van der Waals surface area contributed by atoms with Crippen molar-refractivity contribution >= 4 is 53.2 Å². The van der Waals surface area contributed by atoms with Gasteiger partial charge in [-0.25, -0.2) is 33.5 Å². The lowest BCUT2D eigenvalue weighted by molar-refractivity contribution is -0.295. The van der Waals surface area contributed by atoms with Gasteiger partial charge in [-0.15, -0.1) is 0 Å². The van der Waals surface area contributed by atoms with Crippen molar-refractivity contribution in [2.24, 2.45) is 41.4 Å². The van der Waals surface area contributed by atoms with Crippen molar-refractivity contribution in [3.8, 4) is 22.5 Å². The van der Waals surface area contributed by atoms with E-state index in [9.17, 15) is 43.5 Å². The summed E-state index contributed by atoms with van der Waals surface area (Å²) in [5.41, 5.74) is -6.09. The van der Waals surface area contributed by atoms with Gasteiger partial charge < -0.3 is 85.9 Å². The molecule has 4 aromatic heterocycles. The van der Waals surface area contributed by atoms with Gasteiger partial charge in [-0.3, -0.25) is 33.9 Å². The number of alkyl halides is 1. The zero-order valence-electron chi connectivity index (χ0n) is 81.8. The van der Waals surface area contributed by atoms with E-state index in [2.05, 4.69) is 52.2 Å². The molecule has 31 nitrogen and oxygen atoms in total. The fraction of sp³-hybridized carbons (Fsp3) is 0.687. The molecule has 0 bridgehead atoms. The number of aromatic nitrogens is 6. The number of amides is 2. The Hall–Kier alpha value is -8.86. The van der Waals surface area contributed by atoms with Gasteiger partial charge in [0.05, 0.1) is 83.3 Å². The summed E-state index contributed by atoms with van der Waals surface area (Å²) in [6, 6.07) is 13.8. The maximum absolute atomic E-state index is 17.1. The Morgan fingerprint density at radius 3 is 1.44 bits per heavy atom. The van der Waals surface area contributed by atoms with Crippen molar-refractivity contribution in [2.75, 3.05) is 55.5 Å². The number of esters is 3. The lowest BCUT2D eigenvalue weighted by atomic mass is 9.72. The van der Waals surface area contributed by atoms with Crippen molar-refractivity contribution in [3.63, 3.8) is 0 Å². The zero-order valence-corrected chi connectivity index (χ0v) is 81.8. The van der Waals surface area contributed by atoms with E-state index in [4.69, 9.17) is 52.1 Å². The Morgan fingerprint density at radius 2 is 1.01 bits per heavy atom. The molecule has 1 aromatic carbocycles. The zero-order chi connectivity index (χ0) is 96.7. The highest BCUT2D eigenvalue weighted by Gasteiger charge is 2.66. The molecule has 26 atom stereocenters. The van der Waals surface area contributed by atoms with Crippen LogP contribution >= 0.6 is 0 Å². The largest absolute Gasteiger partial charge is 0.457 e. The summed E-state index contributed by atoms with van der Waals surface area (Å²) in [4.78, 5) is 155. The summed E-state index contributed by atoms with van der Waals surface area (Å²) < 4.78 is 90.9. The van der Waals surface area contributed by atoms with E-state index in [0.717, 1.165) is 29.4 Å². The van der Waals surface area contributed by atoms with E-state index in [1.54, 1.807) is 120 Å². The van der Waals surface area contributed by atoms with Gasteiger partial charge >= 0.3 is 30.1 Å². The van der Waals surface area contributed by atoms with Crippen LogP contribution in [-0.4, -0.2) is 276 Å². The number of hydrogen-bond donors (Lipinski definition) is 1. The van der Waals surface area contributed by atoms with Crippen LogP contribution in [0.1, 0.15) is 226 Å². The molecule has 11 rings (SSSR count). The van der Waals surface area contributed by atoms with Crippen LogP contribution in [0.2, 0.25) is 0 Å². The number of ether oxygens (including phenoxy) is 11. The van der Waals surface area contributed by atoms with Gasteiger partial charge in [0.15, 0.2) is 41.5 Å². The number of rotatable bonds is 26. The van der Waals surface area contributed by atoms with Gasteiger partial charge in [0.1, 0.15) is 35.8 Å². The number of carbonyl (C=O) groups excluding carboxylic acids is 9. The number of pyridine rings is 2. The molecule has 6 aliphatic rings. The number of carbonyl (C=O) groups is 9. The molecule has 1 N–H and O–H groups in total. The summed E-state index contributed by atoms with van der Waals surface area (Å²) in [7, 11) is 10.3. The van der Waals surface area contributed by atoms with Crippen LogP contribution in [0.4, 0.5) is 14.0 Å². The predicted octanol–water partition coefficient (Wildman–Crippen LogP) is 14.1. The van der Waals surface area contributed by atoms with Crippen LogP contribution in [0.5, 0.6) is 0 Å². The fourth-order valence-corrected chi connectivity index (χ4v) is 21.1. The van der Waals surface area contributed by atoms with Crippen LogP contribution in [0.25, 0.3) is 22.5 Å². The molecule has 2 unspecified atom stereocenters. The second-order valence-electron chi connectivity index (χ2n) is 39.6. The molecular weight excluding hydrogens is 1680 g/mol. The first-order valence-electron chi connectivity index (χ1n) is 46.8. The Balaban J connectivity index is 0.000000274. The highest BCUT2D eigenvalue weighted by Crippen LogP contribution is 2.49. The van der Waals surface area contributed by atoms with Gasteiger partial charge in [0.2, 0.25) is 0 Å². The number of aliphatic hydroxyl groups is 1. The number of Topliss-reactive ketones (excluding diaryl/α,β-unsaturated/α-hetero) is 4. The molecule has 724 valence electrons. The molecule has 0 radical (unpaired) electrons. The number of nitrogens with zero attached hydrogens (tertiary/aromatic N) is 10. The highest BCUT2D eigenvalue weighted by molar-refractivity contribution is 6.08. The molecule has 0 aliphatic carbocycles. The number of methoxy groups -OCH3 is 2. The van der Waals surface area contributed by atoms with Gasteiger partial charge in [0.25, 0.3) is 5.67 Å². The number of fused-ring (bicyclic) bond motifs is 2. The van der Waals surface area contributed by atoms with Crippen LogP contribution in [0.15, 0.2) is 104 Å². The Kier molecular flexibility index (Phi) is 34.0. The van der Waals surface area contributed by atoms with E-state index in [1.807, 2.05) is 127 Å². The number of benzene rings is 1. The van der Waals surface area contributed by atoms with Crippen molar-refractivity contribution in [3.05, 3.63) is 110 Å². The summed E-state index contributed by atoms with van der Waals surface area (Å²) in [6.07, 6.45) is 7.44. The second kappa shape index (κ2) is 42.8. The lowest BCUT2D eigenvalue weighted by Crippen LogP contribution is -2.62. The molecule has 6 fully saturated rings. The molecule has 10 heterocycles. The van der Waals surface area contributed by atoms with E-state index >= 15 is 9.18 Å². The van der Waals surface area contributed by atoms with Crippen LogP contribution in [0, 0.1) is 41.4 Å². The SMILES string of the molecule is CC[C@H]1OC(=O)[C@@](C)(F)C(=O)[C@H](C)[C@@H](OC2O[C@H](C)C[C@H](N(C)C)[C@H]2O)[C@@](C)(OC)C[C@@H](C)C(=O)[C@H](C)[C@H]2N(CCCC(C)(C)n3cnc(-c4cccnc4)c3)C(=O)O[C@]12CC.CC[C@H]1OC(=O)[C@H](C)C(=O)[C@H](C)[C@@H](OC2O[C@H](C)C[C@H](N(C)C)[C@H]2OC(=O)c2ccccc2)[C@@](C)(OC)C[C@@H](C)C(=O)[C@H](C)[C@H]2N(CCCC(C)(C)n3cnc(-c4cccnc4)c3)C(=O)O[C@]12CC. The molecule has 6 saturated heterocycles. The molecule has 0 spiro atoms. The molecule has 6 aliphatic heterocycles. The third kappa shape index (κ3) is 22.1. The second-order valence-corrected chi connectivity index (χ2v) is 39.6. The van der Waals surface area contributed by atoms with Crippen molar-refractivity contribution < 1.29 is 105 Å². The number of hydrogen-bond acceptors (Lipinski definition) is 27. The highest BCUT2D eigenvalue weighted by atomic mass is 19.1. The molecule has 5 aromatic rings. The smallest absolute Gasteiger partial charge is 0.410 e. The monoisotopic (exact) mass is 1830 g/mol. The van der Waals surface area contributed by atoms with Crippen molar-refractivity contribution in [1.29, 1.82) is 0 Å². The maximum Gasteiger partial charge on any atom is 0.410 e. The average molecular weight is 1830 g/mol. The van der Waals surface area contributed by atoms with Crippen LogP contribution in [0.3, 0.4) is 0 Å². The van der Waals surface area contributed by atoms with E-state index in [0.29, 0.717) is 44.1 Å². The fourth-order valence-electron chi connectivity index (χ4n) is 21.1. The summed E-state index contributed by atoms with van der Waals surface area (Å²) >= 11 is 0. The molecule has 32 heteroatoms. The molecule has 131 heavy (non-hydrogen) atoms. The first-order chi connectivity index (χ1) is 61.6. The summed E-state index contributed by atoms with van der Waals surface area (Å²) in [6.45, 7) is 35.8. The maximum atomic E-state index is 17.1. The van der Waals surface area contributed by atoms with E-state index in [-0.39, 0.29) is 87.5 Å². The Morgan fingerprint density at radius 1 is 0.573 bits per heavy atom. The third-order valence-electron chi connectivity index (χ3n) is 29.1. The predicted molar refractivity (Wildman–Crippen MR) is 486 cm³/mol. The topological polar surface area (TPSA) is 350 Å². The minimum Gasteiger partial charge on any atom is -0.457 e. The van der Waals surface area contributed by atoms with Gasteiger partial charge in [0, 0.05) is 128 Å². The van der Waals surface area contributed by atoms with E-state index < -0.39 is 184 Å². The van der Waals surface area contributed by atoms with E-state index in [1.165, 1.54) is 28.1 Å². The minimum atomic E-state index is -3.19. The number of cyclic esters (lactones) is 2. The first kappa shape index (κ1) is 104. The summed E-state index contributed by atoms with van der Waals surface area (Å²) in [5.74, 6) is -11.6. The normalized spacial score (nSPS) is 34.6. The molecule has 0 saturated carbocycles. The van der Waals surface area contributed by atoms with Gasteiger partial charge in [-0.2, -0.15) is 0 Å². The van der Waals surface area contributed by atoms with Crippen molar-refractivity contribution in [2.45, 2.75) is 340 Å². The quantitative estimate of drug-likeness (QED) is 0.0305. The Labute approximate surface area is 772 Å². The van der Waals surface area contributed by atoms with Crippen molar-refractivity contribution in [1.82, 2.24) is 48.7 Å². The molecule has 2 amide bonds. The van der Waals surface area contributed by atoms with Gasteiger partial charge in [-0.05, 0) is 211 Å². The van der Waals surface area contributed by atoms with Crippen LogP contribution < -0.4 is 0 Å². The van der Waals surface area contributed by atoms with Gasteiger partial charge in [-0.1, -0.05) is 87.4 Å². The number of ketones is 4. The third-order valence-corrected chi connectivity index (χ3v) is 29.1. The number of halogens is 1. The molecular formula is C99H145FN10O21. The Bertz CT molecular complexity index is 4730.